The molecule has 0 aliphatic carbocycles. The lowest BCUT2D eigenvalue weighted by Crippen LogP contribution is -2.06. The molecule has 7 aromatic rings. The Morgan fingerprint density at radius 2 is 0.480 bits per heavy atom. The molecule has 0 saturated heterocycles. The van der Waals surface area contributed by atoms with Gasteiger partial charge in [0.25, 0.3) is 22.7 Å². The van der Waals surface area contributed by atoms with Gasteiger partial charge < -0.3 is 33.5 Å². The highest BCUT2D eigenvalue weighted by atomic mass is 16.7. The van der Waals surface area contributed by atoms with Gasteiger partial charge in [0, 0.05) is 30.3 Å². The van der Waals surface area contributed by atoms with E-state index in [0.717, 1.165) is 78.7 Å². The van der Waals surface area contributed by atoms with Crippen molar-refractivity contribution in [3.05, 3.63) is 247 Å². The van der Waals surface area contributed by atoms with Crippen molar-refractivity contribution in [2.75, 3.05) is 0 Å². The van der Waals surface area contributed by atoms with E-state index in [0.29, 0.717) is 38.9 Å². The lowest BCUT2D eigenvalue weighted by atomic mass is 10.1. The number of nitrogens with zero attached hydrogens (tertiary/aromatic N) is 8. The van der Waals surface area contributed by atoms with E-state index in [2.05, 4.69) is 76.2 Å². The first-order chi connectivity index (χ1) is 46.5. The van der Waals surface area contributed by atoms with E-state index in [9.17, 15) is 86.0 Å². The van der Waals surface area contributed by atoms with Crippen LogP contribution in [0.25, 0.3) is 0 Å². The van der Waals surface area contributed by atoms with Crippen molar-refractivity contribution in [3.63, 3.8) is 0 Å². The third-order valence-corrected chi connectivity index (χ3v) is 11.1. The van der Waals surface area contributed by atoms with Crippen LogP contribution in [0.1, 0.15) is 155 Å². The molecular formula is C67H84N8O23. The zero-order valence-electron chi connectivity index (χ0n) is 57.0. The van der Waals surface area contributed by atoms with E-state index in [1.165, 1.54) is 56.0 Å². The molecule has 530 valence electrons. The van der Waals surface area contributed by atoms with Gasteiger partial charge in [0.05, 0.1) is 70.3 Å². The SMILES string of the molecule is CC.CC(C)C.CCC.CCC.CCC.CCC.O=[N+]([O-])c1ccc(OCc2cc(COc3cc(CO)cc(OCc4cc(COc5ccc([N+](=O)[O-])cc5[N+](=O)[O-])cc(COc5ccc([N+](=O)[O-])cc5[N+](=O)[O-])c4)c3)cc(COc3ccc([N+](=O)[O-])cc3[N+](=O)[O-])c2)c([N+](=O)[O-])c1. The number of nitro groups is 8. The van der Waals surface area contributed by atoms with Gasteiger partial charge in [0.1, 0.15) is 51.1 Å². The lowest BCUT2D eigenvalue weighted by Gasteiger charge is -2.15. The van der Waals surface area contributed by atoms with Crippen LogP contribution in [-0.4, -0.2) is 44.5 Å². The summed E-state index contributed by atoms with van der Waals surface area (Å²) in [6.07, 6.45) is 5.00. The zero-order valence-corrected chi connectivity index (χ0v) is 57.0. The number of non-ortho nitro benzene ring substituents is 4. The standard InChI is InChI=1S/C49H36N8O23.C4H10.4C3H8.C2H6/c58-22-29-15-40(75-23-30-9-32(25-77-46-5-1-36(50(59)60)17-42(46)54(67)68)13-33(10-30)26-78-47-6-2-37(51(61)62)18-43(47)55(69)70)21-41(16-29)76-24-31-11-34(27-79-48-7-3-38(52(63)64)19-44(48)56(71)72)14-35(12-31)28-80-49-8-4-39(53(65)66)20-45(49)57(73)74;1-4(2)3;4*1-3-2;1-2/h1-21,58H,22-28H2;4H,1-3H3;4*3H2,1-2H3;1-2H3. The predicted octanol–water partition coefficient (Wildman–Crippen LogP) is 18.3. The van der Waals surface area contributed by atoms with Crippen LogP contribution in [0, 0.1) is 86.8 Å². The molecule has 0 saturated carbocycles. The quantitative estimate of drug-likeness (QED) is 0.0369. The van der Waals surface area contributed by atoms with Crippen molar-refractivity contribution in [1.29, 1.82) is 0 Å². The molecule has 31 nitrogen and oxygen atoms in total. The first kappa shape index (κ1) is 84.5. The fraction of sp³-hybridized carbons (Fsp3) is 0.373. The third kappa shape index (κ3) is 29.8. The van der Waals surface area contributed by atoms with Crippen LogP contribution in [0.5, 0.6) is 34.5 Å². The first-order valence-corrected chi connectivity index (χ1v) is 31.0. The fourth-order valence-electron chi connectivity index (χ4n) is 7.58. The monoisotopic (exact) mass is 1370 g/mol. The Labute approximate surface area is 566 Å². The van der Waals surface area contributed by atoms with Gasteiger partial charge in [0.2, 0.25) is 0 Å². The Morgan fingerprint density at radius 3 is 0.643 bits per heavy atom. The molecule has 0 aliphatic heterocycles. The summed E-state index contributed by atoms with van der Waals surface area (Å²) < 4.78 is 35.2. The largest absolute Gasteiger partial charge is 0.489 e. The summed E-state index contributed by atoms with van der Waals surface area (Å²) in [5.74, 6) is -0.161. The Hall–Kier alpha value is -11.5. The molecule has 0 spiro atoms. The molecule has 0 fully saturated rings. The van der Waals surface area contributed by atoms with E-state index in [4.69, 9.17) is 28.4 Å². The summed E-state index contributed by atoms with van der Waals surface area (Å²) in [6.45, 7) is 25.0. The lowest BCUT2D eigenvalue weighted by molar-refractivity contribution is -0.395. The number of rotatable bonds is 27. The van der Waals surface area contributed by atoms with Crippen molar-refractivity contribution in [3.8, 4) is 34.5 Å². The number of aliphatic hydroxyl groups excluding tert-OH is 1. The van der Waals surface area contributed by atoms with Crippen molar-refractivity contribution in [1.82, 2.24) is 0 Å². The molecule has 0 aliphatic rings. The van der Waals surface area contributed by atoms with Gasteiger partial charge in [-0.1, -0.05) is 116 Å². The van der Waals surface area contributed by atoms with Crippen molar-refractivity contribution >= 4 is 45.5 Å². The smallest absolute Gasteiger partial charge is 0.317 e. The van der Waals surface area contributed by atoms with Gasteiger partial charge in [-0.25, -0.2) is 0 Å². The summed E-state index contributed by atoms with van der Waals surface area (Å²) in [5.41, 5.74) is -2.65. The Morgan fingerprint density at radius 1 is 0.296 bits per heavy atom. The van der Waals surface area contributed by atoms with E-state index in [-0.39, 0.29) is 74.1 Å². The Bertz CT molecular complexity index is 3340. The summed E-state index contributed by atoms with van der Waals surface area (Å²) in [5, 5.41) is 103. The highest BCUT2D eigenvalue weighted by Crippen LogP contribution is 2.36. The van der Waals surface area contributed by atoms with E-state index < -0.39 is 91.5 Å². The Balaban J connectivity index is 0.00000240. The number of hydrogen-bond acceptors (Lipinski definition) is 23. The number of hydrogen-bond donors (Lipinski definition) is 1. The average Bonchev–Trinajstić information content (AvgIpc) is 0.859. The second-order valence-corrected chi connectivity index (χ2v) is 21.2. The zero-order chi connectivity index (χ0) is 74.2. The van der Waals surface area contributed by atoms with Crippen LogP contribution in [0.15, 0.2) is 127 Å². The van der Waals surface area contributed by atoms with Crippen molar-refractivity contribution in [2.45, 2.75) is 162 Å². The molecule has 98 heavy (non-hydrogen) atoms. The maximum Gasteiger partial charge on any atom is 0.317 e. The summed E-state index contributed by atoms with van der Waals surface area (Å²) in [4.78, 5) is 85.8. The van der Waals surface area contributed by atoms with Gasteiger partial charge in [-0.15, -0.1) is 0 Å². The molecular weight excluding hydrogens is 1280 g/mol. The summed E-state index contributed by atoms with van der Waals surface area (Å²) >= 11 is 0. The van der Waals surface area contributed by atoms with E-state index in [1.807, 2.05) is 13.8 Å². The second kappa shape index (κ2) is 45.0. The molecule has 0 radical (unpaired) electrons. The van der Waals surface area contributed by atoms with E-state index >= 15 is 0 Å². The topological polar surface area (TPSA) is 421 Å². The van der Waals surface area contributed by atoms with Gasteiger partial charge in [-0.2, -0.15) is 0 Å². The molecule has 7 rings (SSSR count). The van der Waals surface area contributed by atoms with Crippen LogP contribution in [0.2, 0.25) is 0 Å². The van der Waals surface area contributed by atoms with Crippen LogP contribution in [-0.2, 0) is 46.2 Å². The van der Waals surface area contributed by atoms with Gasteiger partial charge in [-0.05, 0) is 118 Å². The number of benzene rings is 7. The van der Waals surface area contributed by atoms with E-state index in [1.54, 1.807) is 24.3 Å². The number of aliphatic hydroxyl groups is 1. The minimum atomic E-state index is -0.867. The molecule has 7 aromatic carbocycles. The maximum atomic E-state index is 11.8. The van der Waals surface area contributed by atoms with Gasteiger partial charge >= 0.3 is 22.7 Å². The summed E-state index contributed by atoms with van der Waals surface area (Å²) in [6, 6.07) is 24.9. The fourth-order valence-corrected chi connectivity index (χ4v) is 7.58. The highest BCUT2D eigenvalue weighted by Gasteiger charge is 2.25. The van der Waals surface area contributed by atoms with Crippen LogP contribution >= 0.6 is 0 Å². The minimum absolute atomic E-state index is 0.139. The van der Waals surface area contributed by atoms with Gasteiger partial charge in [-0.3, -0.25) is 80.9 Å². The maximum absolute atomic E-state index is 11.8. The molecule has 0 bridgehead atoms. The number of ether oxygens (including phenoxy) is 6. The molecule has 0 unspecified atom stereocenters. The highest BCUT2D eigenvalue weighted by molar-refractivity contribution is 5.56. The van der Waals surface area contributed by atoms with Gasteiger partial charge in [0.15, 0.2) is 23.0 Å². The molecule has 1 N–H and O–H groups in total. The van der Waals surface area contributed by atoms with Crippen molar-refractivity contribution in [2.24, 2.45) is 5.92 Å². The average molecular weight is 1370 g/mol. The van der Waals surface area contributed by atoms with Crippen molar-refractivity contribution < 1.29 is 72.9 Å². The second-order valence-electron chi connectivity index (χ2n) is 21.2. The molecule has 0 atom stereocenters. The number of nitro benzene ring substituents is 8. The van der Waals surface area contributed by atoms with Crippen LogP contribution < -0.4 is 28.4 Å². The normalized spacial score (nSPS) is 9.91. The molecule has 0 amide bonds. The molecule has 31 heteroatoms. The summed E-state index contributed by atoms with van der Waals surface area (Å²) in [7, 11) is 0. The minimum Gasteiger partial charge on any atom is -0.489 e. The Kier molecular flexibility index (Phi) is 38.8. The first-order valence-electron chi connectivity index (χ1n) is 31.0. The third-order valence-electron chi connectivity index (χ3n) is 11.1. The molecule has 0 aromatic heterocycles. The molecule has 0 heterocycles. The predicted molar refractivity (Wildman–Crippen MR) is 366 cm³/mol. The van der Waals surface area contributed by atoms with Crippen LogP contribution in [0.4, 0.5) is 45.5 Å². The van der Waals surface area contributed by atoms with Crippen LogP contribution in [0.3, 0.4) is 0 Å².